The average Bonchev–Trinajstić information content (AvgIpc) is 3.03. The van der Waals surface area contributed by atoms with Crippen LogP contribution < -0.4 is 10.6 Å². The molecule has 0 saturated carbocycles. The Morgan fingerprint density at radius 1 is 1.08 bits per heavy atom. The van der Waals surface area contributed by atoms with Crippen molar-refractivity contribution in [2.24, 2.45) is 4.99 Å². The second kappa shape index (κ2) is 7.64. The summed E-state index contributed by atoms with van der Waals surface area (Å²) < 4.78 is 2.10. The monoisotopic (exact) mass is 321 g/mol. The minimum atomic E-state index is 0.641. The zero-order valence-electron chi connectivity index (χ0n) is 14.2. The Bertz CT molecular complexity index is 820. The summed E-state index contributed by atoms with van der Waals surface area (Å²) in [5.74, 6) is 0.801. The number of benzene rings is 1. The molecule has 0 bridgehead atoms. The molecule has 0 aliphatic rings. The lowest BCUT2D eigenvalue weighted by atomic mass is 10.2. The number of hydrogen-bond donors (Lipinski definition) is 2. The number of pyridine rings is 1. The molecule has 0 atom stereocenters. The number of imidazole rings is 1. The summed E-state index contributed by atoms with van der Waals surface area (Å²) in [4.78, 5) is 9.27. The van der Waals surface area contributed by atoms with Crippen LogP contribution in [0, 0.1) is 6.92 Å². The van der Waals surface area contributed by atoms with Gasteiger partial charge in [0.15, 0.2) is 5.96 Å². The van der Waals surface area contributed by atoms with Crippen LogP contribution in [0.1, 0.15) is 23.9 Å². The number of fused-ring (bicyclic) bond motifs is 1. The van der Waals surface area contributed by atoms with E-state index in [1.807, 2.05) is 30.3 Å². The Kier molecular flexibility index (Phi) is 5.11. The number of aryl methyl sites for hydroxylation is 1. The Hall–Kier alpha value is -2.82. The van der Waals surface area contributed by atoms with Crippen molar-refractivity contribution in [2.75, 3.05) is 6.54 Å². The fourth-order valence-corrected chi connectivity index (χ4v) is 2.55. The molecule has 0 amide bonds. The zero-order valence-corrected chi connectivity index (χ0v) is 14.2. The van der Waals surface area contributed by atoms with Gasteiger partial charge in [-0.2, -0.15) is 0 Å². The quantitative estimate of drug-likeness (QED) is 0.561. The van der Waals surface area contributed by atoms with Crippen molar-refractivity contribution in [3.63, 3.8) is 0 Å². The number of hydrogen-bond acceptors (Lipinski definition) is 2. The predicted molar refractivity (Wildman–Crippen MR) is 98.0 cm³/mol. The van der Waals surface area contributed by atoms with Crippen molar-refractivity contribution in [2.45, 2.75) is 26.9 Å². The van der Waals surface area contributed by atoms with E-state index < -0.39 is 0 Å². The largest absolute Gasteiger partial charge is 0.357 e. The first-order valence-corrected chi connectivity index (χ1v) is 8.26. The van der Waals surface area contributed by atoms with Gasteiger partial charge in [0.05, 0.1) is 18.8 Å². The topological polar surface area (TPSA) is 53.7 Å². The van der Waals surface area contributed by atoms with E-state index in [1.54, 1.807) is 0 Å². The van der Waals surface area contributed by atoms with E-state index in [-0.39, 0.29) is 0 Å². The van der Waals surface area contributed by atoms with Gasteiger partial charge in [-0.15, -0.1) is 0 Å². The lowest BCUT2D eigenvalue weighted by molar-refractivity contribution is 0.804. The van der Waals surface area contributed by atoms with E-state index in [1.165, 1.54) is 11.3 Å². The highest BCUT2D eigenvalue weighted by Gasteiger charge is 2.04. The number of nitrogens with one attached hydrogen (secondary N) is 2. The second-order valence-electron chi connectivity index (χ2n) is 5.66. The summed E-state index contributed by atoms with van der Waals surface area (Å²) in [6.07, 6.45) is 2.07. The van der Waals surface area contributed by atoms with Crippen molar-refractivity contribution in [3.05, 3.63) is 71.7 Å². The van der Waals surface area contributed by atoms with Gasteiger partial charge in [-0.05, 0) is 31.5 Å². The van der Waals surface area contributed by atoms with E-state index in [0.717, 1.165) is 23.8 Å². The van der Waals surface area contributed by atoms with Gasteiger partial charge >= 0.3 is 0 Å². The van der Waals surface area contributed by atoms with E-state index in [4.69, 9.17) is 0 Å². The van der Waals surface area contributed by atoms with Crippen molar-refractivity contribution in [1.29, 1.82) is 0 Å². The lowest BCUT2D eigenvalue weighted by Crippen LogP contribution is -2.36. The first kappa shape index (κ1) is 16.1. The molecule has 2 N–H and O–H groups in total. The molecular weight excluding hydrogens is 298 g/mol. The second-order valence-corrected chi connectivity index (χ2v) is 5.66. The molecular formula is C19H23N5. The van der Waals surface area contributed by atoms with Crippen LogP contribution in [0.3, 0.4) is 0 Å². The molecule has 124 valence electrons. The Morgan fingerprint density at radius 2 is 1.92 bits per heavy atom. The van der Waals surface area contributed by atoms with Gasteiger partial charge in [0.1, 0.15) is 5.65 Å². The molecule has 5 nitrogen and oxygen atoms in total. The molecule has 0 aliphatic heterocycles. The molecule has 3 rings (SSSR count). The van der Waals surface area contributed by atoms with Crippen LogP contribution >= 0.6 is 0 Å². The van der Waals surface area contributed by atoms with Gasteiger partial charge in [-0.1, -0.05) is 36.4 Å². The Morgan fingerprint density at radius 3 is 2.67 bits per heavy atom. The highest BCUT2D eigenvalue weighted by atomic mass is 15.2. The first-order valence-electron chi connectivity index (χ1n) is 8.26. The third kappa shape index (κ3) is 3.93. The molecule has 0 saturated heterocycles. The number of guanidine groups is 1. The van der Waals surface area contributed by atoms with E-state index in [2.05, 4.69) is 63.3 Å². The van der Waals surface area contributed by atoms with Crippen molar-refractivity contribution >= 4 is 11.6 Å². The summed E-state index contributed by atoms with van der Waals surface area (Å²) in [6, 6.07) is 16.4. The normalized spacial score (nSPS) is 11.7. The highest BCUT2D eigenvalue weighted by molar-refractivity contribution is 5.79. The Balaban J connectivity index is 1.67. The van der Waals surface area contributed by atoms with Gasteiger partial charge in [0.25, 0.3) is 0 Å². The summed E-state index contributed by atoms with van der Waals surface area (Å²) >= 11 is 0. The number of aromatic nitrogens is 2. The molecule has 0 radical (unpaired) electrons. The van der Waals surface area contributed by atoms with Gasteiger partial charge < -0.3 is 15.0 Å². The standard InChI is InChI=1S/C19H23N5/c1-3-20-19(21-12-16-9-5-4-6-10-16)22-13-17-14-24-15(2)8-7-11-18(24)23-17/h4-11,14H,3,12-13H2,1-2H3,(H2,20,21,22). The molecule has 0 spiro atoms. The molecule has 5 heteroatoms. The molecule has 1 aromatic carbocycles. The zero-order chi connectivity index (χ0) is 16.8. The smallest absolute Gasteiger partial charge is 0.191 e. The van der Waals surface area contributed by atoms with Crippen molar-refractivity contribution in [1.82, 2.24) is 20.0 Å². The average molecular weight is 321 g/mol. The molecule has 0 aliphatic carbocycles. The fraction of sp³-hybridized carbons (Fsp3) is 0.263. The summed E-state index contributed by atoms with van der Waals surface area (Å²) in [5.41, 5.74) is 4.33. The fourth-order valence-electron chi connectivity index (χ4n) is 2.55. The van der Waals surface area contributed by atoms with Crippen LogP contribution in [0.15, 0.2) is 59.7 Å². The van der Waals surface area contributed by atoms with E-state index in [0.29, 0.717) is 13.1 Å². The van der Waals surface area contributed by atoms with Gasteiger partial charge in [-0.25, -0.2) is 9.98 Å². The van der Waals surface area contributed by atoms with Crippen LogP contribution in [0.5, 0.6) is 0 Å². The SMILES string of the molecule is CCNC(=NCc1ccccc1)NCc1cn2c(C)cccc2n1. The first-order chi connectivity index (χ1) is 11.8. The Labute approximate surface area is 142 Å². The maximum absolute atomic E-state index is 4.64. The number of nitrogens with zero attached hydrogens (tertiary/aromatic N) is 3. The molecule has 2 aromatic heterocycles. The number of aliphatic imine (C=N–C) groups is 1. The van der Waals surface area contributed by atoms with Gasteiger partial charge in [0.2, 0.25) is 0 Å². The lowest BCUT2D eigenvalue weighted by Gasteiger charge is -2.10. The van der Waals surface area contributed by atoms with Crippen LogP contribution in [-0.4, -0.2) is 21.9 Å². The minimum Gasteiger partial charge on any atom is -0.357 e. The molecule has 3 aromatic rings. The third-order valence-electron chi connectivity index (χ3n) is 3.79. The molecule has 2 heterocycles. The third-order valence-corrected chi connectivity index (χ3v) is 3.79. The van der Waals surface area contributed by atoms with Crippen molar-refractivity contribution in [3.8, 4) is 0 Å². The van der Waals surface area contributed by atoms with Gasteiger partial charge in [-0.3, -0.25) is 0 Å². The maximum atomic E-state index is 4.64. The highest BCUT2D eigenvalue weighted by Crippen LogP contribution is 2.08. The summed E-state index contributed by atoms with van der Waals surface area (Å²) in [6.45, 7) is 6.26. The van der Waals surface area contributed by atoms with Crippen LogP contribution in [0.25, 0.3) is 5.65 Å². The van der Waals surface area contributed by atoms with Gasteiger partial charge in [0, 0.05) is 18.4 Å². The van der Waals surface area contributed by atoms with E-state index >= 15 is 0 Å². The summed E-state index contributed by atoms with van der Waals surface area (Å²) in [7, 11) is 0. The van der Waals surface area contributed by atoms with E-state index in [9.17, 15) is 0 Å². The molecule has 24 heavy (non-hydrogen) atoms. The van der Waals surface area contributed by atoms with Crippen molar-refractivity contribution < 1.29 is 0 Å². The minimum absolute atomic E-state index is 0.641. The van der Waals surface area contributed by atoms with Crippen LogP contribution in [-0.2, 0) is 13.1 Å². The maximum Gasteiger partial charge on any atom is 0.191 e. The molecule has 0 unspecified atom stereocenters. The van der Waals surface area contributed by atoms with Crippen LogP contribution in [0.2, 0.25) is 0 Å². The summed E-state index contributed by atoms with van der Waals surface area (Å²) in [5, 5.41) is 6.62. The predicted octanol–water partition coefficient (Wildman–Crippen LogP) is 2.90. The van der Waals surface area contributed by atoms with Crippen LogP contribution in [0.4, 0.5) is 0 Å². The number of rotatable bonds is 5. The molecule has 0 fully saturated rings.